The number of rotatable bonds is 2. The molecule has 124 valence electrons. The topological polar surface area (TPSA) is 63.6 Å². The summed E-state index contributed by atoms with van der Waals surface area (Å²) in [5.41, 5.74) is 5.42. The van der Waals surface area contributed by atoms with Crippen LogP contribution in [-0.2, 0) is 6.42 Å². The summed E-state index contributed by atoms with van der Waals surface area (Å²) < 4.78 is 0. The smallest absolute Gasteiger partial charge is 0.105 e. The third-order valence-electron chi connectivity index (χ3n) is 5.67. The Bertz CT molecular complexity index is 865. The van der Waals surface area contributed by atoms with E-state index in [2.05, 4.69) is 57.7 Å². The van der Waals surface area contributed by atoms with E-state index >= 15 is 0 Å². The molecule has 0 fully saturated rings. The van der Waals surface area contributed by atoms with Gasteiger partial charge in [0, 0.05) is 35.6 Å². The Morgan fingerprint density at radius 3 is 3.12 bits per heavy atom. The molecule has 3 aliphatic rings. The van der Waals surface area contributed by atoms with Crippen molar-refractivity contribution in [1.82, 2.24) is 15.2 Å². The molecule has 0 saturated heterocycles. The zero-order valence-electron chi connectivity index (χ0n) is 13.8. The van der Waals surface area contributed by atoms with E-state index in [0.29, 0.717) is 12.6 Å². The molecular formula is C19H22N4O. The Kier molecular flexibility index (Phi) is 3.08. The highest BCUT2D eigenvalue weighted by atomic mass is 16.3. The molecule has 3 N–H and O–H groups in total. The van der Waals surface area contributed by atoms with Crippen LogP contribution in [-0.4, -0.2) is 59.7 Å². The third-order valence-corrected chi connectivity index (χ3v) is 5.67. The van der Waals surface area contributed by atoms with Crippen LogP contribution in [0, 0.1) is 5.92 Å². The van der Waals surface area contributed by atoms with E-state index in [1.165, 1.54) is 27.6 Å². The lowest BCUT2D eigenvalue weighted by Crippen LogP contribution is -2.47. The van der Waals surface area contributed by atoms with E-state index in [1.807, 2.05) is 0 Å². The number of aromatic amines is 1. The number of aromatic nitrogens is 1. The van der Waals surface area contributed by atoms with Crippen LogP contribution in [0.5, 0.6) is 0 Å². The second kappa shape index (κ2) is 5.19. The number of nitrogens with zero attached hydrogens (tertiary/aromatic N) is 2. The maximum atomic E-state index is 9.34. The number of fused-ring (bicyclic) bond motifs is 2. The van der Waals surface area contributed by atoms with Gasteiger partial charge in [0.25, 0.3) is 0 Å². The third kappa shape index (κ3) is 1.98. The monoisotopic (exact) mass is 322 g/mol. The molecule has 0 amide bonds. The Hall–Kier alpha value is -2.11. The van der Waals surface area contributed by atoms with Crippen molar-refractivity contribution in [2.75, 3.05) is 26.7 Å². The summed E-state index contributed by atoms with van der Waals surface area (Å²) in [4.78, 5) is 10.5. The van der Waals surface area contributed by atoms with Gasteiger partial charge in [0.15, 0.2) is 0 Å². The van der Waals surface area contributed by atoms with Gasteiger partial charge in [0.2, 0.25) is 0 Å². The molecule has 1 aliphatic carbocycles. The quantitative estimate of drug-likeness (QED) is 0.783. The van der Waals surface area contributed by atoms with Gasteiger partial charge < -0.3 is 15.4 Å². The second-order valence-electron chi connectivity index (χ2n) is 7.18. The lowest BCUT2D eigenvalue weighted by Gasteiger charge is -2.40. The zero-order chi connectivity index (χ0) is 16.3. The predicted molar refractivity (Wildman–Crippen MR) is 96.2 cm³/mol. The van der Waals surface area contributed by atoms with Crippen LogP contribution in [0.15, 0.2) is 35.5 Å². The molecule has 0 saturated carbocycles. The van der Waals surface area contributed by atoms with Crippen molar-refractivity contribution in [3.8, 4) is 0 Å². The molecule has 0 bridgehead atoms. The number of H-pyrrole nitrogens is 1. The van der Waals surface area contributed by atoms with Gasteiger partial charge in [-0.3, -0.25) is 9.89 Å². The van der Waals surface area contributed by atoms with Crippen LogP contribution < -0.4 is 5.32 Å². The van der Waals surface area contributed by atoms with Gasteiger partial charge in [-0.15, -0.1) is 0 Å². The number of amidine groups is 1. The first kappa shape index (κ1) is 14.3. The fourth-order valence-corrected chi connectivity index (χ4v) is 4.46. The minimum atomic E-state index is 0.0764. The Morgan fingerprint density at radius 2 is 2.29 bits per heavy atom. The molecular weight excluding hydrogens is 300 g/mol. The summed E-state index contributed by atoms with van der Waals surface area (Å²) >= 11 is 0. The zero-order valence-corrected chi connectivity index (χ0v) is 13.8. The van der Waals surface area contributed by atoms with Crippen molar-refractivity contribution in [3.05, 3.63) is 41.6 Å². The minimum Gasteiger partial charge on any atom is -0.394 e. The lowest BCUT2D eigenvalue weighted by molar-refractivity contribution is 0.257. The summed E-state index contributed by atoms with van der Waals surface area (Å²) in [6.45, 7) is 1.78. The molecule has 3 unspecified atom stereocenters. The number of hydrogen-bond donors (Lipinski definition) is 3. The van der Waals surface area contributed by atoms with Crippen molar-refractivity contribution < 1.29 is 5.11 Å². The van der Waals surface area contributed by atoms with Gasteiger partial charge in [-0.2, -0.15) is 0 Å². The Morgan fingerprint density at radius 1 is 1.38 bits per heavy atom. The molecule has 1 aromatic heterocycles. The molecule has 3 atom stereocenters. The standard InChI is InChI=1S/C19H22N4O/c1-23-9-12(19-21-8-13(10-24)22-19)5-15-14-3-2-4-16-18(14)11(7-20-16)6-17(15)23/h2-5,7,12-13,17,20,24H,6,8-10H2,1H3,(H,21,22). The highest BCUT2D eigenvalue weighted by Crippen LogP contribution is 2.40. The van der Waals surface area contributed by atoms with Crippen molar-refractivity contribution in [3.63, 3.8) is 0 Å². The molecule has 3 heterocycles. The largest absolute Gasteiger partial charge is 0.394 e. The molecule has 5 heteroatoms. The summed E-state index contributed by atoms with van der Waals surface area (Å²) in [5.74, 6) is 1.30. The van der Waals surface area contributed by atoms with Crippen LogP contribution in [0.1, 0.15) is 11.1 Å². The van der Waals surface area contributed by atoms with Gasteiger partial charge in [0.1, 0.15) is 5.84 Å². The number of benzene rings is 1. The fraction of sp³-hybridized carbons (Fsp3) is 0.421. The maximum absolute atomic E-state index is 9.34. The first-order chi connectivity index (χ1) is 11.7. The van der Waals surface area contributed by atoms with Crippen LogP contribution in [0.25, 0.3) is 16.5 Å². The molecule has 5 rings (SSSR count). The van der Waals surface area contributed by atoms with Crippen LogP contribution in [0.4, 0.5) is 0 Å². The first-order valence-corrected chi connectivity index (χ1v) is 8.67. The van der Waals surface area contributed by atoms with E-state index < -0.39 is 0 Å². The normalized spacial score (nSPS) is 29.2. The molecule has 24 heavy (non-hydrogen) atoms. The second-order valence-corrected chi connectivity index (χ2v) is 7.18. The fourth-order valence-electron chi connectivity index (χ4n) is 4.46. The summed E-state index contributed by atoms with van der Waals surface area (Å²) in [7, 11) is 2.21. The lowest BCUT2D eigenvalue weighted by atomic mass is 9.79. The van der Waals surface area contributed by atoms with Crippen molar-refractivity contribution in [1.29, 1.82) is 0 Å². The van der Waals surface area contributed by atoms with Crippen molar-refractivity contribution >= 4 is 22.3 Å². The SMILES string of the molecule is CN1CC(C2=NCC(CO)N2)C=C2c3cccc4[nH]cc(c34)CC21. The average Bonchev–Trinajstić information content (AvgIpc) is 3.24. The molecule has 2 aliphatic heterocycles. The first-order valence-electron chi connectivity index (χ1n) is 8.67. The van der Waals surface area contributed by atoms with Crippen molar-refractivity contribution in [2.24, 2.45) is 10.9 Å². The van der Waals surface area contributed by atoms with E-state index in [4.69, 9.17) is 0 Å². The molecule has 0 radical (unpaired) electrons. The van der Waals surface area contributed by atoms with Gasteiger partial charge in [-0.05, 0) is 36.2 Å². The van der Waals surface area contributed by atoms with E-state index in [9.17, 15) is 5.11 Å². The molecule has 0 spiro atoms. The number of hydrogen-bond acceptors (Lipinski definition) is 4. The van der Waals surface area contributed by atoms with Gasteiger partial charge in [-0.25, -0.2) is 0 Å². The van der Waals surface area contributed by atoms with Gasteiger partial charge >= 0.3 is 0 Å². The summed E-state index contributed by atoms with van der Waals surface area (Å²) in [6, 6.07) is 7.05. The summed E-state index contributed by atoms with van der Waals surface area (Å²) in [5, 5.41) is 14.1. The Labute approximate surface area is 141 Å². The predicted octanol–water partition coefficient (Wildman–Crippen LogP) is 1.40. The molecule has 5 nitrogen and oxygen atoms in total. The van der Waals surface area contributed by atoms with Gasteiger partial charge in [-0.1, -0.05) is 18.2 Å². The number of aliphatic hydroxyl groups excluding tert-OH is 1. The van der Waals surface area contributed by atoms with Crippen molar-refractivity contribution in [2.45, 2.75) is 18.5 Å². The number of nitrogens with one attached hydrogen (secondary N) is 2. The maximum Gasteiger partial charge on any atom is 0.105 e. The number of aliphatic imine (C=N–C) groups is 1. The van der Waals surface area contributed by atoms with Crippen LogP contribution >= 0.6 is 0 Å². The molecule has 2 aromatic rings. The van der Waals surface area contributed by atoms with E-state index in [-0.39, 0.29) is 18.6 Å². The summed E-state index contributed by atoms with van der Waals surface area (Å²) in [6.07, 6.45) is 5.63. The minimum absolute atomic E-state index is 0.0764. The van der Waals surface area contributed by atoms with E-state index in [1.54, 1.807) is 0 Å². The Balaban J connectivity index is 1.59. The van der Waals surface area contributed by atoms with Gasteiger partial charge in [0.05, 0.1) is 19.2 Å². The average molecular weight is 322 g/mol. The van der Waals surface area contributed by atoms with E-state index in [0.717, 1.165) is 18.8 Å². The van der Waals surface area contributed by atoms with Crippen LogP contribution in [0.2, 0.25) is 0 Å². The highest BCUT2D eigenvalue weighted by molar-refractivity contribution is 6.00. The molecule has 1 aromatic carbocycles. The highest BCUT2D eigenvalue weighted by Gasteiger charge is 2.36. The number of aliphatic hydroxyl groups is 1. The number of likely N-dealkylation sites (N-methyl/N-ethyl adjacent to an activating group) is 1. The van der Waals surface area contributed by atoms with Crippen LogP contribution in [0.3, 0.4) is 0 Å².